The van der Waals surface area contributed by atoms with Gasteiger partial charge in [-0.05, 0) is 80.4 Å². The van der Waals surface area contributed by atoms with Gasteiger partial charge in [-0.25, -0.2) is 0 Å². The lowest BCUT2D eigenvalue weighted by Crippen LogP contribution is -2.25. The van der Waals surface area contributed by atoms with Crippen LogP contribution in [-0.4, -0.2) is 24.6 Å². The molecule has 2 bridgehead atoms. The Kier molecular flexibility index (Phi) is 7.69. The minimum atomic E-state index is 1.15. The zero-order valence-corrected chi connectivity index (χ0v) is 15.1. The van der Waals surface area contributed by atoms with Crippen LogP contribution in [0.15, 0.2) is 0 Å². The van der Waals surface area contributed by atoms with Gasteiger partial charge < -0.3 is 0 Å². The van der Waals surface area contributed by atoms with Crippen LogP contribution in [0.4, 0.5) is 0 Å². The molecule has 0 radical (unpaired) electrons. The lowest BCUT2D eigenvalue weighted by Gasteiger charge is -2.31. The SMILES string of the molecule is CCCCPCC1C2CCC(C2)[C@H]1CPCCCC. The lowest BCUT2D eigenvalue weighted by atomic mass is 9.81. The van der Waals surface area contributed by atoms with E-state index in [0.29, 0.717) is 0 Å². The molecule has 2 aliphatic carbocycles. The first kappa shape index (κ1) is 16.2. The third-order valence-corrected chi connectivity index (χ3v) is 8.38. The molecule has 0 N–H and O–H groups in total. The number of unbranched alkanes of at least 4 members (excludes halogenated alkanes) is 2. The Bertz CT molecular complexity index is 217. The second-order valence-corrected chi connectivity index (χ2v) is 9.59. The van der Waals surface area contributed by atoms with Gasteiger partial charge in [0.25, 0.3) is 0 Å². The summed E-state index contributed by atoms with van der Waals surface area (Å²) in [5.41, 5.74) is 0. The quantitative estimate of drug-likeness (QED) is 0.363. The van der Waals surface area contributed by atoms with Crippen LogP contribution in [0.2, 0.25) is 0 Å². The molecular weight excluding hydrogens is 266 g/mol. The van der Waals surface area contributed by atoms with Crippen LogP contribution in [0.3, 0.4) is 0 Å². The van der Waals surface area contributed by atoms with Gasteiger partial charge in [0.15, 0.2) is 0 Å². The maximum atomic E-state index is 2.33. The average Bonchev–Trinajstić information content (AvgIpc) is 3.01. The molecule has 0 aromatic rings. The normalized spacial score (nSPS) is 34.4. The van der Waals surface area contributed by atoms with Crippen LogP contribution < -0.4 is 0 Å². The molecular formula is C17H34P2. The molecule has 0 aliphatic heterocycles. The van der Waals surface area contributed by atoms with Gasteiger partial charge in [0.1, 0.15) is 0 Å². The monoisotopic (exact) mass is 300 g/mol. The van der Waals surface area contributed by atoms with Crippen molar-refractivity contribution in [1.29, 1.82) is 0 Å². The molecule has 19 heavy (non-hydrogen) atoms. The summed E-state index contributed by atoms with van der Waals surface area (Å²) in [4.78, 5) is 0. The highest BCUT2D eigenvalue weighted by Crippen LogP contribution is 2.55. The maximum absolute atomic E-state index is 2.33. The predicted octanol–water partition coefficient (Wildman–Crippen LogP) is 5.61. The smallest absolute Gasteiger partial charge is 0.0314 e. The maximum Gasteiger partial charge on any atom is -0.0314 e. The van der Waals surface area contributed by atoms with Crippen molar-refractivity contribution in [3.63, 3.8) is 0 Å². The molecule has 0 saturated heterocycles. The van der Waals surface area contributed by atoms with Gasteiger partial charge in [-0.1, -0.05) is 26.7 Å². The number of rotatable bonds is 10. The molecule has 5 unspecified atom stereocenters. The van der Waals surface area contributed by atoms with Crippen molar-refractivity contribution in [3.8, 4) is 0 Å². The third-order valence-electron chi connectivity index (χ3n) is 5.45. The Balaban J connectivity index is 1.71. The fourth-order valence-corrected chi connectivity index (χ4v) is 7.86. The van der Waals surface area contributed by atoms with E-state index in [-0.39, 0.29) is 0 Å². The second-order valence-electron chi connectivity index (χ2n) is 6.78. The largest absolute Gasteiger partial charge is 0.122 e. The Labute approximate surface area is 124 Å². The topological polar surface area (TPSA) is 0 Å². The van der Waals surface area contributed by atoms with E-state index in [1.54, 1.807) is 31.6 Å². The minimum Gasteiger partial charge on any atom is -0.122 e. The summed E-state index contributed by atoms with van der Waals surface area (Å²) in [5.74, 6) is 4.62. The molecule has 2 saturated carbocycles. The van der Waals surface area contributed by atoms with Crippen molar-refractivity contribution in [1.82, 2.24) is 0 Å². The van der Waals surface area contributed by atoms with Crippen molar-refractivity contribution in [2.24, 2.45) is 23.7 Å². The van der Waals surface area contributed by atoms with Crippen LogP contribution in [0, 0.1) is 23.7 Å². The Morgan fingerprint density at radius 2 is 1.26 bits per heavy atom. The molecule has 0 heterocycles. The number of hydrogen-bond donors (Lipinski definition) is 0. The van der Waals surface area contributed by atoms with Gasteiger partial charge in [-0.2, -0.15) is 0 Å². The summed E-state index contributed by atoms with van der Waals surface area (Å²) in [5, 5.41) is 0. The summed E-state index contributed by atoms with van der Waals surface area (Å²) in [6.07, 6.45) is 16.8. The fourth-order valence-electron chi connectivity index (χ4n) is 4.31. The fraction of sp³-hybridized carbons (Fsp3) is 1.00. The Morgan fingerprint density at radius 3 is 1.68 bits per heavy atom. The first-order chi connectivity index (χ1) is 9.36. The van der Waals surface area contributed by atoms with Crippen LogP contribution in [0.1, 0.15) is 58.8 Å². The summed E-state index contributed by atoms with van der Waals surface area (Å²) >= 11 is 0. The van der Waals surface area contributed by atoms with E-state index in [4.69, 9.17) is 0 Å². The van der Waals surface area contributed by atoms with E-state index < -0.39 is 0 Å². The van der Waals surface area contributed by atoms with Crippen molar-refractivity contribution in [2.45, 2.75) is 58.8 Å². The average molecular weight is 300 g/mol. The summed E-state index contributed by atoms with van der Waals surface area (Å²) in [6.45, 7) is 4.67. The van der Waals surface area contributed by atoms with E-state index in [2.05, 4.69) is 13.8 Å². The van der Waals surface area contributed by atoms with Crippen LogP contribution >= 0.6 is 17.2 Å². The predicted molar refractivity (Wildman–Crippen MR) is 93.7 cm³/mol. The zero-order valence-electron chi connectivity index (χ0n) is 13.1. The highest BCUT2D eigenvalue weighted by molar-refractivity contribution is 7.38. The standard InChI is InChI=1S/C17H34P2/c1-3-5-9-18-12-16-14-7-8-15(11-14)17(16)13-19-10-6-4-2/h14-19H,3-13H2,1-2H3/t14?,15?,16-,17?/m1/s1. The number of fused-ring (bicyclic) bond motifs is 2. The van der Waals surface area contributed by atoms with E-state index in [0.717, 1.165) is 23.7 Å². The molecule has 0 nitrogen and oxygen atoms in total. The van der Waals surface area contributed by atoms with E-state index in [1.165, 1.54) is 55.2 Å². The third kappa shape index (κ3) is 4.68. The molecule has 2 heteroatoms. The summed E-state index contributed by atoms with van der Waals surface area (Å²) in [7, 11) is 2.55. The molecule has 0 spiro atoms. The highest BCUT2D eigenvalue weighted by Gasteiger charge is 2.46. The van der Waals surface area contributed by atoms with Crippen molar-refractivity contribution < 1.29 is 0 Å². The minimum absolute atomic E-state index is 1.15. The van der Waals surface area contributed by atoms with Crippen molar-refractivity contribution in [3.05, 3.63) is 0 Å². The molecule has 2 rings (SSSR count). The lowest BCUT2D eigenvalue weighted by molar-refractivity contribution is 0.268. The molecule has 0 aromatic carbocycles. The molecule has 2 fully saturated rings. The molecule has 2 aliphatic rings. The number of hydrogen-bond acceptors (Lipinski definition) is 0. The summed E-state index contributed by atoms with van der Waals surface area (Å²) in [6, 6.07) is 0. The van der Waals surface area contributed by atoms with E-state index in [1.807, 2.05) is 0 Å². The Morgan fingerprint density at radius 1 is 0.789 bits per heavy atom. The van der Waals surface area contributed by atoms with Crippen molar-refractivity contribution in [2.75, 3.05) is 24.6 Å². The van der Waals surface area contributed by atoms with Crippen LogP contribution in [0.25, 0.3) is 0 Å². The first-order valence-electron chi connectivity index (χ1n) is 8.78. The molecule has 6 atom stereocenters. The van der Waals surface area contributed by atoms with Gasteiger partial charge in [-0.3, -0.25) is 0 Å². The van der Waals surface area contributed by atoms with Crippen molar-refractivity contribution >= 4 is 17.2 Å². The Hall–Kier alpha value is 0.860. The van der Waals surface area contributed by atoms with Gasteiger partial charge in [-0.15, -0.1) is 17.2 Å². The first-order valence-corrected chi connectivity index (χ1v) is 11.6. The van der Waals surface area contributed by atoms with Gasteiger partial charge in [0, 0.05) is 0 Å². The zero-order chi connectivity index (χ0) is 13.5. The van der Waals surface area contributed by atoms with E-state index >= 15 is 0 Å². The van der Waals surface area contributed by atoms with Crippen LogP contribution in [-0.2, 0) is 0 Å². The molecule has 112 valence electrons. The van der Waals surface area contributed by atoms with E-state index in [9.17, 15) is 0 Å². The second kappa shape index (κ2) is 9.00. The molecule has 0 amide bonds. The van der Waals surface area contributed by atoms with Gasteiger partial charge >= 0.3 is 0 Å². The van der Waals surface area contributed by atoms with Gasteiger partial charge in [0.2, 0.25) is 0 Å². The highest BCUT2D eigenvalue weighted by atomic mass is 31.1. The van der Waals surface area contributed by atoms with Gasteiger partial charge in [0.05, 0.1) is 0 Å². The molecule has 0 aromatic heterocycles. The summed E-state index contributed by atoms with van der Waals surface area (Å²) < 4.78 is 0. The van der Waals surface area contributed by atoms with Crippen LogP contribution in [0.5, 0.6) is 0 Å².